The first-order valence-electron chi connectivity index (χ1n) is 5.92. The zero-order valence-electron chi connectivity index (χ0n) is 11.3. The van der Waals surface area contributed by atoms with Crippen LogP contribution in [0.2, 0.25) is 0 Å². The van der Waals surface area contributed by atoms with Gasteiger partial charge in [-0.05, 0) is 26.3 Å². The van der Waals surface area contributed by atoms with Crippen molar-refractivity contribution in [2.45, 2.75) is 43.7 Å². The first-order chi connectivity index (χ1) is 8.27. The number of hydrogen-bond acceptors (Lipinski definition) is 4. The molecule has 0 bridgehead atoms. The second-order valence-electron chi connectivity index (χ2n) is 4.81. The highest BCUT2D eigenvalue weighted by atomic mass is 32.2. The van der Waals surface area contributed by atoms with E-state index < -0.39 is 16.8 Å². The third-order valence-corrected chi connectivity index (χ3v) is 4.43. The van der Waals surface area contributed by atoms with Crippen LogP contribution in [0.25, 0.3) is 0 Å². The van der Waals surface area contributed by atoms with Crippen molar-refractivity contribution in [3.8, 4) is 0 Å². The average molecular weight is 271 g/mol. The van der Waals surface area contributed by atoms with Gasteiger partial charge in [-0.2, -0.15) is 5.10 Å². The molecule has 0 saturated heterocycles. The Bertz CT molecular complexity index is 429. The summed E-state index contributed by atoms with van der Waals surface area (Å²) in [4.78, 5) is 10.9. The molecule has 0 aliphatic carbocycles. The van der Waals surface area contributed by atoms with Gasteiger partial charge in [0.1, 0.15) is 6.04 Å². The van der Waals surface area contributed by atoms with Crippen LogP contribution in [0, 0.1) is 0 Å². The van der Waals surface area contributed by atoms with E-state index >= 15 is 0 Å². The number of nitrogens with zero attached hydrogens (tertiary/aromatic N) is 2. The van der Waals surface area contributed by atoms with Gasteiger partial charge in [0.2, 0.25) is 0 Å². The van der Waals surface area contributed by atoms with Gasteiger partial charge in [0.05, 0.1) is 5.69 Å². The first kappa shape index (κ1) is 15.0. The third kappa shape index (κ3) is 3.49. The van der Waals surface area contributed by atoms with Crippen LogP contribution in [-0.4, -0.2) is 31.6 Å². The fourth-order valence-electron chi connectivity index (χ4n) is 1.53. The lowest BCUT2D eigenvalue weighted by atomic mass is 10.1. The Balaban J connectivity index is 2.69. The maximum atomic E-state index is 10.9. The van der Waals surface area contributed by atoms with Crippen LogP contribution in [0.15, 0.2) is 6.07 Å². The zero-order chi connectivity index (χ0) is 13.9. The Kier molecular flexibility index (Phi) is 4.81. The highest BCUT2D eigenvalue weighted by Crippen LogP contribution is 2.30. The predicted molar refractivity (Wildman–Crippen MR) is 73.6 cm³/mol. The van der Waals surface area contributed by atoms with E-state index in [0.29, 0.717) is 5.75 Å². The molecule has 1 aromatic rings. The zero-order valence-corrected chi connectivity index (χ0v) is 12.1. The molecule has 0 amide bonds. The molecule has 0 spiro atoms. The van der Waals surface area contributed by atoms with Crippen molar-refractivity contribution in [2.24, 2.45) is 12.8 Å². The first-order valence-corrected chi connectivity index (χ1v) is 6.90. The van der Waals surface area contributed by atoms with E-state index in [9.17, 15) is 4.79 Å². The minimum Gasteiger partial charge on any atom is -0.480 e. The number of aliphatic carboxylic acids is 1. The van der Waals surface area contributed by atoms with Crippen LogP contribution in [0.4, 0.5) is 0 Å². The van der Waals surface area contributed by atoms with Crippen LogP contribution in [0.3, 0.4) is 0 Å². The van der Waals surface area contributed by atoms with Gasteiger partial charge < -0.3 is 10.8 Å². The molecule has 0 unspecified atom stereocenters. The van der Waals surface area contributed by atoms with Crippen molar-refractivity contribution >= 4 is 17.7 Å². The summed E-state index contributed by atoms with van der Waals surface area (Å²) in [5, 5.41) is 13.3. The summed E-state index contributed by atoms with van der Waals surface area (Å²) in [5.74, 6) is -0.260. The van der Waals surface area contributed by atoms with Gasteiger partial charge in [0.15, 0.2) is 0 Å². The quantitative estimate of drug-likeness (QED) is 0.817. The molecular weight excluding hydrogens is 250 g/mol. The molecule has 0 aliphatic rings. The van der Waals surface area contributed by atoms with Crippen molar-refractivity contribution in [1.82, 2.24) is 9.78 Å². The summed E-state index contributed by atoms with van der Waals surface area (Å²) in [6.45, 7) is 5.77. The monoisotopic (exact) mass is 271 g/mol. The molecule has 0 fully saturated rings. The fourth-order valence-corrected chi connectivity index (χ4v) is 2.60. The minimum atomic E-state index is -0.966. The summed E-state index contributed by atoms with van der Waals surface area (Å²) < 4.78 is 1.33. The molecule has 0 radical (unpaired) electrons. The molecule has 0 aromatic carbocycles. The molecule has 1 aromatic heterocycles. The van der Waals surface area contributed by atoms with Gasteiger partial charge in [-0.1, -0.05) is 6.92 Å². The topological polar surface area (TPSA) is 81.1 Å². The summed E-state index contributed by atoms with van der Waals surface area (Å²) >= 11 is 1.54. The number of carboxylic acids is 1. The molecular formula is C12H21N3O2S. The predicted octanol–water partition coefficient (Wildman–Crippen LogP) is 1.41. The lowest BCUT2D eigenvalue weighted by Crippen LogP contribution is -2.46. The van der Waals surface area contributed by atoms with Gasteiger partial charge in [0, 0.05) is 23.2 Å². The van der Waals surface area contributed by atoms with E-state index in [0.717, 1.165) is 17.8 Å². The summed E-state index contributed by atoms with van der Waals surface area (Å²) in [6.07, 6.45) is 0.899. The standard InChI is InChI=1S/C12H21N3O2S/c1-5-8-6-9(15(4)14-8)7-18-12(2,3)10(13)11(16)17/h6,10H,5,7,13H2,1-4H3,(H,16,17)/t10-/m0/s1. The molecule has 1 rings (SSSR count). The van der Waals surface area contributed by atoms with Gasteiger partial charge >= 0.3 is 5.97 Å². The lowest BCUT2D eigenvalue weighted by Gasteiger charge is -2.27. The normalized spacial score (nSPS) is 13.6. The van der Waals surface area contributed by atoms with Crippen LogP contribution in [0.5, 0.6) is 0 Å². The van der Waals surface area contributed by atoms with Gasteiger partial charge in [-0.15, -0.1) is 11.8 Å². The molecule has 18 heavy (non-hydrogen) atoms. The van der Waals surface area contributed by atoms with Gasteiger partial charge in [-0.3, -0.25) is 9.48 Å². The molecule has 102 valence electrons. The Morgan fingerprint density at radius 1 is 1.67 bits per heavy atom. The van der Waals surface area contributed by atoms with Crippen molar-refractivity contribution < 1.29 is 9.90 Å². The highest BCUT2D eigenvalue weighted by molar-refractivity contribution is 7.99. The van der Waals surface area contributed by atoms with Crippen LogP contribution in [-0.2, 0) is 24.0 Å². The van der Waals surface area contributed by atoms with E-state index in [4.69, 9.17) is 10.8 Å². The fraction of sp³-hybridized carbons (Fsp3) is 0.667. The van der Waals surface area contributed by atoms with Crippen molar-refractivity contribution in [3.63, 3.8) is 0 Å². The minimum absolute atomic E-state index is 0.511. The maximum Gasteiger partial charge on any atom is 0.321 e. The number of thioether (sulfide) groups is 1. The Morgan fingerprint density at radius 3 is 2.72 bits per heavy atom. The van der Waals surface area contributed by atoms with Crippen LogP contribution in [0.1, 0.15) is 32.2 Å². The summed E-state index contributed by atoms with van der Waals surface area (Å²) in [7, 11) is 1.90. The summed E-state index contributed by atoms with van der Waals surface area (Å²) in [6, 6.07) is 1.18. The van der Waals surface area contributed by atoms with Crippen LogP contribution < -0.4 is 5.73 Å². The molecule has 0 aliphatic heterocycles. The number of aryl methyl sites for hydroxylation is 2. The molecule has 1 heterocycles. The molecule has 0 saturated carbocycles. The van der Waals surface area contributed by atoms with Crippen molar-refractivity contribution in [2.75, 3.05) is 0 Å². The number of aromatic nitrogens is 2. The number of rotatable bonds is 6. The molecule has 6 heteroatoms. The average Bonchev–Trinajstić information content (AvgIpc) is 2.66. The molecule has 3 N–H and O–H groups in total. The van der Waals surface area contributed by atoms with Crippen molar-refractivity contribution in [3.05, 3.63) is 17.5 Å². The smallest absolute Gasteiger partial charge is 0.321 e. The third-order valence-electron chi connectivity index (χ3n) is 3.00. The van der Waals surface area contributed by atoms with Crippen molar-refractivity contribution in [1.29, 1.82) is 0 Å². The number of hydrogen-bond donors (Lipinski definition) is 2. The number of carboxylic acid groups (broad SMARTS) is 1. The number of nitrogens with two attached hydrogens (primary N) is 1. The Hall–Kier alpha value is -1.01. The highest BCUT2D eigenvalue weighted by Gasteiger charge is 2.32. The van der Waals surface area contributed by atoms with E-state index in [1.165, 1.54) is 11.8 Å². The Morgan fingerprint density at radius 2 is 2.28 bits per heavy atom. The van der Waals surface area contributed by atoms with E-state index in [1.807, 2.05) is 25.6 Å². The van der Waals surface area contributed by atoms with Gasteiger partial charge in [-0.25, -0.2) is 0 Å². The van der Waals surface area contributed by atoms with Crippen LogP contribution >= 0.6 is 11.8 Å². The maximum absolute atomic E-state index is 10.9. The molecule has 5 nitrogen and oxygen atoms in total. The Labute approximate surface area is 112 Å². The van der Waals surface area contributed by atoms with E-state index in [-0.39, 0.29) is 0 Å². The molecule has 1 atom stereocenters. The summed E-state index contributed by atoms with van der Waals surface area (Å²) in [5.41, 5.74) is 7.82. The van der Waals surface area contributed by atoms with Gasteiger partial charge in [0.25, 0.3) is 0 Å². The lowest BCUT2D eigenvalue weighted by molar-refractivity contribution is -0.139. The second kappa shape index (κ2) is 5.75. The SMILES string of the molecule is CCc1cc(CSC(C)(C)[C@@H](N)C(=O)O)n(C)n1. The number of carbonyl (C=O) groups is 1. The second-order valence-corrected chi connectivity index (χ2v) is 6.44. The van der Waals surface area contributed by atoms with E-state index in [1.54, 1.807) is 0 Å². The largest absolute Gasteiger partial charge is 0.480 e. The van der Waals surface area contributed by atoms with E-state index in [2.05, 4.69) is 18.1 Å².